The smallest absolute Gasteiger partial charge is 0.322 e. The molecule has 1 rings (SSSR count). The Bertz CT molecular complexity index is 172. The van der Waals surface area contributed by atoms with E-state index in [0.717, 1.165) is 19.4 Å². The number of hydrogen-bond acceptors (Lipinski definition) is 3. The van der Waals surface area contributed by atoms with Crippen LogP contribution in [-0.2, 0) is 4.79 Å². The van der Waals surface area contributed by atoms with Crippen molar-refractivity contribution in [3.63, 3.8) is 0 Å². The van der Waals surface area contributed by atoms with Crippen molar-refractivity contribution in [3.8, 4) is 0 Å². The lowest BCUT2D eigenvalue weighted by Crippen LogP contribution is -2.47. The highest BCUT2D eigenvalue weighted by Gasteiger charge is 2.31. The van der Waals surface area contributed by atoms with Crippen LogP contribution >= 0.6 is 0 Å². The van der Waals surface area contributed by atoms with Gasteiger partial charge in [-0.05, 0) is 26.3 Å². The summed E-state index contributed by atoms with van der Waals surface area (Å²) in [5, 5.41) is 8.83. The van der Waals surface area contributed by atoms with Crippen molar-refractivity contribution in [1.29, 1.82) is 0 Å². The van der Waals surface area contributed by atoms with Crippen molar-refractivity contribution in [2.45, 2.75) is 31.8 Å². The Hall–Kier alpha value is -0.610. The maximum Gasteiger partial charge on any atom is 0.322 e. The first-order chi connectivity index (χ1) is 5.66. The number of nitrogens with zero attached hydrogens (tertiary/aromatic N) is 1. The van der Waals surface area contributed by atoms with E-state index in [9.17, 15) is 4.79 Å². The Morgan fingerprint density at radius 2 is 2.50 bits per heavy atom. The fourth-order valence-corrected chi connectivity index (χ4v) is 1.80. The van der Waals surface area contributed by atoms with Gasteiger partial charge >= 0.3 is 5.97 Å². The summed E-state index contributed by atoms with van der Waals surface area (Å²) in [6.45, 7) is 3.13. The Morgan fingerprint density at radius 1 is 1.83 bits per heavy atom. The summed E-state index contributed by atoms with van der Waals surface area (Å²) in [4.78, 5) is 12.7. The number of likely N-dealkylation sites (tertiary alicyclic amines) is 1. The molecular weight excluding hydrogens is 156 g/mol. The SMILES string of the molecule is CC1CCCN1C(CN)C(=O)O. The van der Waals surface area contributed by atoms with Crippen LogP contribution in [0.3, 0.4) is 0 Å². The Kier molecular flexibility index (Phi) is 3.05. The molecular formula is C8H16N2O2. The molecule has 3 N–H and O–H groups in total. The fraction of sp³-hybridized carbons (Fsp3) is 0.875. The third-order valence-corrected chi connectivity index (χ3v) is 2.51. The van der Waals surface area contributed by atoms with Crippen molar-refractivity contribution in [2.24, 2.45) is 5.73 Å². The monoisotopic (exact) mass is 172 g/mol. The number of nitrogens with two attached hydrogens (primary N) is 1. The van der Waals surface area contributed by atoms with Crippen LogP contribution in [0.15, 0.2) is 0 Å². The molecule has 0 bridgehead atoms. The summed E-state index contributed by atoms with van der Waals surface area (Å²) in [6.07, 6.45) is 2.18. The predicted octanol–water partition coefficient (Wildman–Crippen LogP) is -0.117. The number of carboxylic acid groups (broad SMARTS) is 1. The number of aliphatic carboxylic acids is 1. The number of hydrogen-bond donors (Lipinski definition) is 2. The molecule has 0 spiro atoms. The fourth-order valence-electron chi connectivity index (χ4n) is 1.80. The molecule has 0 aromatic carbocycles. The largest absolute Gasteiger partial charge is 0.480 e. The quantitative estimate of drug-likeness (QED) is 0.623. The first-order valence-corrected chi connectivity index (χ1v) is 4.35. The van der Waals surface area contributed by atoms with Gasteiger partial charge in [0, 0.05) is 12.6 Å². The van der Waals surface area contributed by atoms with E-state index >= 15 is 0 Å². The normalized spacial score (nSPS) is 27.3. The lowest BCUT2D eigenvalue weighted by molar-refractivity contribution is -0.143. The molecule has 0 saturated carbocycles. The van der Waals surface area contributed by atoms with Crippen molar-refractivity contribution in [1.82, 2.24) is 4.90 Å². The lowest BCUT2D eigenvalue weighted by atomic mass is 10.2. The Balaban J connectivity index is 2.58. The van der Waals surface area contributed by atoms with Gasteiger partial charge in [0.15, 0.2) is 0 Å². The Labute approximate surface area is 72.3 Å². The number of rotatable bonds is 3. The van der Waals surface area contributed by atoms with Crippen LogP contribution in [0.4, 0.5) is 0 Å². The second-order valence-electron chi connectivity index (χ2n) is 3.32. The minimum absolute atomic E-state index is 0.208. The first kappa shape index (κ1) is 9.48. The van der Waals surface area contributed by atoms with Gasteiger partial charge in [0.1, 0.15) is 6.04 Å². The molecule has 0 aromatic rings. The van der Waals surface area contributed by atoms with Crippen molar-refractivity contribution < 1.29 is 9.90 Å². The summed E-state index contributed by atoms with van der Waals surface area (Å²) in [5.41, 5.74) is 5.39. The van der Waals surface area contributed by atoms with Gasteiger partial charge in [0.25, 0.3) is 0 Å². The van der Waals surface area contributed by atoms with E-state index in [-0.39, 0.29) is 6.54 Å². The Morgan fingerprint density at radius 3 is 2.83 bits per heavy atom. The molecule has 0 aromatic heterocycles. The van der Waals surface area contributed by atoms with Crippen molar-refractivity contribution in [3.05, 3.63) is 0 Å². The summed E-state index contributed by atoms with van der Waals surface area (Å²) in [6, 6.07) is -0.114. The van der Waals surface area contributed by atoms with Crippen LogP contribution in [0.1, 0.15) is 19.8 Å². The maximum absolute atomic E-state index is 10.7. The van der Waals surface area contributed by atoms with E-state index < -0.39 is 12.0 Å². The molecule has 0 amide bonds. The molecule has 1 heterocycles. The molecule has 0 radical (unpaired) electrons. The van der Waals surface area contributed by atoms with Gasteiger partial charge in [-0.1, -0.05) is 0 Å². The third kappa shape index (κ3) is 1.76. The molecule has 12 heavy (non-hydrogen) atoms. The van der Waals surface area contributed by atoms with E-state index in [1.807, 2.05) is 4.90 Å². The summed E-state index contributed by atoms with van der Waals surface area (Å²) >= 11 is 0. The van der Waals surface area contributed by atoms with Gasteiger partial charge in [-0.15, -0.1) is 0 Å². The van der Waals surface area contributed by atoms with E-state index in [2.05, 4.69) is 6.92 Å². The zero-order chi connectivity index (χ0) is 9.14. The highest BCUT2D eigenvalue weighted by molar-refractivity contribution is 5.73. The maximum atomic E-state index is 10.7. The molecule has 70 valence electrons. The minimum atomic E-state index is -0.800. The molecule has 4 heteroatoms. The number of carboxylic acids is 1. The molecule has 2 atom stereocenters. The zero-order valence-corrected chi connectivity index (χ0v) is 7.36. The summed E-state index contributed by atoms with van der Waals surface area (Å²) in [5.74, 6) is -0.800. The highest BCUT2D eigenvalue weighted by Crippen LogP contribution is 2.18. The van der Waals surface area contributed by atoms with Gasteiger partial charge in [-0.2, -0.15) is 0 Å². The molecule has 2 unspecified atom stereocenters. The molecule has 1 aliphatic heterocycles. The van der Waals surface area contributed by atoms with Crippen molar-refractivity contribution in [2.75, 3.05) is 13.1 Å². The highest BCUT2D eigenvalue weighted by atomic mass is 16.4. The van der Waals surface area contributed by atoms with Gasteiger partial charge in [-0.3, -0.25) is 9.69 Å². The topological polar surface area (TPSA) is 66.6 Å². The summed E-state index contributed by atoms with van der Waals surface area (Å²) < 4.78 is 0. The van der Waals surface area contributed by atoms with E-state index in [4.69, 9.17) is 10.8 Å². The minimum Gasteiger partial charge on any atom is -0.480 e. The average Bonchev–Trinajstić information content (AvgIpc) is 2.38. The second-order valence-corrected chi connectivity index (χ2v) is 3.32. The van der Waals surface area contributed by atoms with E-state index in [0.29, 0.717) is 6.04 Å². The van der Waals surface area contributed by atoms with Crippen LogP contribution in [0, 0.1) is 0 Å². The van der Waals surface area contributed by atoms with Gasteiger partial charge in [0.2, 0.25) is 0 Å². The molecule has 0 aliphatic carbocycles. The standard InChI is InChI=1S/C8H16N2O2/c1-6-3-2-4-10(6)7(5-9)8(11)12/h6-7H,2-5,9H2,1H3,(H,11,12). The van der Waals surface area contributed by atoms with Crippen LogP contribution in [0.5, 0.6) is 0 Å². The number of carbonyl (C=O) groups is 1. The second kappa shape index (κ2) is 3.87. The van der Waals surface area contributed by atoms with Crippen LogP contribution in [0.25, 0.3) is 0 Å². The van der Waals surface area contributed by atoms with Gasteiger partial charge in [0.05, 0.1) is 0 Å². The summed E-state index contributed by atoms with van der Waals surface area (Å²) in [7, 11) is 0. The average molecular weight is 172 g/mol. The van der Waals surface area contributed by atoms with Crippen LogP contribution in [-0.4, -0.2) is 41.1 Å². The van der Waals surface area contributed by atoms with Gasteiger partial charge in [-0.25, -0.2) is 0 Å². The van der Waals surface area contributed by atoms with E-state index in [1.54, 1.807) is 0 Å². The zero-order valence-electron chi connectivity index (χ0n) is 7.36. The van der Waals surface area contributed by atoms with Crippen molar-refractivity contribution >= 4 is 5.97 Å². The molecule has 1 fully saturated rings. The predicted molar refractivity (Wildman–Crippen MR) is 45.9 cm³/mol. The van der Waals surface area contributed by atoms with Crippen LogP contribution in [0.2, 0.25) is 0 Å². The molecule has 1 saturated heterocycles. The lowest BCUT2D eigenvalue weighted by Gasteiger charge is -2.26. The molecule has 4 nitrogen and oxygen atoms in total. The molecule has 1 aliphatic rings. The van der Waals surface area contributed by atoms with E-state index in [1.165, 1.54) is 0 Å². The van der Waals surface area contributed by atoms with Crippen LogP contribution < -0.4 is 5.73 Å². The third-order valence-electron chi connectivity index (χ3n) is 2.51. The van der Waals surface area contributed by atoms with Gasteiger partial charge < -0.3 is 10.8 Å². The first-order valence-electron chi connectivity index (χ1n) is 4.35.